The minimum Gasteiger partial charge on any atom is -0.506 e. The molecule has 4 nitrogen and oxygen atoms in total. The summed E-state index contributed by atoms with van der Waals surface area (Å²) < 4.78 is 5.25. The molecule has 0 aliphatic carbocycles. The highest BCUT2D eigenvalue weighted by atomic mass is 16.5. The molecule has 17 heavy (non-hydrogen) atoms. The maximum atomic E-state index is 11.1. The van der Waals surface area contributed by atoms with Gasteiger partial charge in [-0.15, -0.1) is 0 Å². The number of carbonyl (C=O) groups is 1. The highest BCUT2D eigenvalue weighted by Gasteiger charge is 2.19. The Hall–Kier alpha value is -2.23. The molecule has 0 heterocycles. The van der Waals surface area contributed by atoms with Crippen molar-refractivity contribution >= 4 is 16.7 Å². The van der Waals surface area contributed by atoms with Crippen LogP contribution in [0.2, 0.25) is 0 Å². The topological polar surface area (TPSA) is 66.8 Å². The summed E-state index contributed by atoms with van der Waals surface area (Å²) in [5, 5.41) is 20.3. The Kier molecular flexibility index (Phi) is 2.87. The first kappa shape index (κ1) is 11.3. The van der Waals surface area contributed by atoms with Crippen LogP contribution in [0.5, 0.6) is 11.5 Å². The number of hydrogen-bond acceptors (Lipinski definition) is 3. The summed E-state index contributed by atoms with van der Waals surface area (Å²) in [7, 11) is 0. The average molecular weight is 232 g/mol. The van der Waals surface area contributed by atoms with Crippen molar-refractivity contribution in [2.75, 3.05) is 6.61 Å². The van der Waals surface area contributed by atoms with Crippen LogP contribution in [0.15, 0.2) is 30.3 Å². The van der Waals surface area contributed by atoms with E-state index >= 15 is 0 Å². The lowest BCUT2D eigenvalue weighted by Crippen LogP contribution is -2.03. The lowest BCUT2D eigenvalue weighted by atomic mass is 10.0. The number of rotatable bonds is 3. The van der Waals surface area contributed by atoms with E-state index < -0.39 is 5.97 Å². The van der Waals surface area contributed by atoms with Gasteiger partial charge in [0.1, 0.15) is 17.1 Å². The van der Waals surface area contributed by atoms with Gasteiger partial charge in [-0.3, -0.25) is 0 Å². The van der Waals surface area contributed by atoms with Gasteiger partial charge in [-0.25, -0.2) is 4.79 Å². The molecule has 0 unspecified atom stereocenters. The SMILES string of the molecule is CCOc1cc2ccccc2c(O)c1C(=O)O. The molecule has 2 N–H and O–H groups in total. The first-order valence-corrected chi connectivity index (χ1v) is 5.26. The summed E-state index contributed by atoms with van der Waals surface area (Å²) in [6.07, 6.45) is 0. The van der Waals surface area contributed by atoms with Crippen LogP contribution in [-0.2, 0) is 0 Å². The largest absolute Gasteiger partial charge is 0.506 e. The highest BCUT2D eigenvalue weighted by molar-refractivity contribution is 6.03. The maximum absolute atomic E-state index is 11.1. The Balaban J connectivity index is 2.79. The van der Waals surface area contributed by atoms with E-state index in [2.05, 4.69) is 0 Å². The van der Waals surface area contributed by atoms with E-state index in [-0.39, 0.29) is 17.1 Å². The molecule has 88 valence electrons. The number of aromatic hydroxyl groups is 1. The Bertz CT molecular complexity index is 575. The average Bonchev–Trinajstić information content (AvgIpc) is 2.29. The Morgan fingerprint density at radius 3 is 2.71 bits per heavy atom. The quantitative estimate of drug-likeness (QED) is 0.853. The number of carboxylic acids is 1. The van der Waals surface area contributed by atoms with E-state index in [1.165, 1.54) is 0 Å². The van der Waals surface area contributed by atoms with E-state index in [4.69, 9.17) is 9.84 Å². The van der Waals surface area contributed by atoms with Crippen molar-refractivity contribution in [2.24, 2.45) is 0 Å². The molecule has 0 spiro atoms. The smallest absolute Gasteiger partial charge is 0.343 e. The van der Waals surface area contributed by atoms with Crippen molar-refractivity contribution in [1.29, 1.82) is 0 Å². The van der Waals surface area contributed by atoms with Crippen molar-refractivity contribution in [3.8, 4) is 11.5 Å². The van der Waals surface area contributed by atoms with Crippen LogP contribution in [-0.4, -0.2) is 22.8 Å². The number of benzene rings is 2. The Morgan fingerprint density at radius 1 is 1.35 bits per heavy atom. The lowest BCUT2D eigenvalue weighted by Gasteiger charge is -2.11. The number of aromatic carboxylic acids is 1. The van der Waals surface area contributed by atoms with Crippen LogP contribution in [0.4, 0.5) is 0 Å². The fourth-order valence-electron chi connectivity index (χ4n) is 1.78. The molecule has 0 aromatic heterocycles. The van der Waals surface area contributed by atoms with Crippen molar-refractivity contribution in [2.45, 2.75) is 6.92 Å². The third kappa shape index (κ3) is 1.89. The molecule has 0 atom stereocenters. The molecule has 2 aromatic carbocycles. The van der Waals surface area contributed by atoms with Crippen LogP contribution in [0.25, 0.3) is 10.8 Å². The summed E-state index contributed by atoms with van der Waals surface area (Å²) in [4.78, 5) is 11.1. The molecule has 0 radical (unpaired) electrons. The van der Waals surface area contributed by atoms with Gasteiger partial charge in [-0.2, -0.15) is 0 Å². The van der Waals surface area contributed by atoms with E-state index in [0.717, 1.165) is 5.39 Å². The summed E-state index contributed by atoms with van der Waals surface area (Å²) in [5.74, 6) is -1.26. The highest BCUT2D eigenvalue weighted by Crippen LogP contribution is 2.36. The fourth-order valence-corrected chi connectivity index (χ4v) is 1.78. The molecule has 0 amide bonds. The second-order valence-electron chi connectivity index (χ2n) is 3.56. The van der Waals surface area contributed by atoms with Gasteiger partial charge in [0.05, 0.1) is 6.61 Å². The number of hydrogen-bond donors (Lipinski definition) is 2. The van der Waals surface area contributed by atoms with Gasteiger partial charge < -0.3 is 14.9 Å². The van der Waals surface area contributed by atoms with Gasteiger partial charge in [0.25, 0.3) is 0 Å². The zero-order valence-electron chi connectivity index (χ0n) is 9.30. The number of carboxylic acid groups (broad SMARTS) is 1. The van der Waals surface area contributed by atoms with Crippen molar-refractivity contribution in [3.63, 3.8) is 0 Å². The molecule has 2 rings (SSSR count). The standard InChI is InChI=1S/C13H12O4/c1-2-17-10-7-8-5-3-4-6-9(8)12(14)11(10)13(15)16/h3-7,14H,2H2,1H3,(H,15,16). The molecule has 4 heteroatoms. The Labute approximate surface area is 98.1 Å². The summed E-state index contributed by atoms with van der Waals surface area (Å²) in [6, 6.07) is 8.66. The molecule has 0 saturated heterocycles. The third-order valence-corrected chi connectivity index (χ3v) is 2.50. The summed E-state index contributed by atoms with van der Waals surface area (Å²) in [5.41, 5.74) is -0.189. The monoisotopic (exact) mass is 232 g/mol. The van der Waals surface area contributed by atoms with Crippen LogP contribution >= 0.6 is 0 Å². The van der Waals surface area contributed by atoms with Gasteiger partial charge in [0, 0.05) is 5.39 Å². The van der Waals surface area contributed by atoms with Gasteiger partial charge in [0.15, 0.2) is 0 Å². The second kappa shape index (κ2) is 4.33. The predicted octanol–water partition coefficient (Wildman–Crippen LogP) is 2.64. The molecular formula is C13H12O4. The normalized spacial score (nSPS) is 10.4. The van der Waals surface area contributed by atoms with E-state index in [1.54, 1.807) is 31.2 Å². The molecule has 0 fully saturated rings. The number of phenols is 1. The molecule has 0 aliphatic heterocycles. The Morgan fingerprint density at radius 2 is 2.06 bits per heavy atom. The van der Waals surface area contributed by atoms with Crippen LogP contribution in [0.1, 0.15) is 17.3 Å². The fraction of sp³-hybridized carbons (Fsp3) is 0.154. The third-order valence-electron chi connectivity index (χ3n) is 2.50. The zero-order valence-corrected chi connectivity index (χ0v) is 9.30. The first-order chi connectivity index (χ1) is 8.15. The van der Waals surface area contributed by atoms with Gasteiger partial charge in [-0.05, 0) is 18.4 Å². The summed E-state index contributed by atoms with van der Waals surface area (Å²) in [6.45, 7) is 2.11. The van der Waals surface area contributed by atoms with Crippen molar-refractivity contribution in [3.05, 3.63) is 35.9 Å². The minimum absolute atomic E-state index is 0.189. The maximum Gasteiger partial charge on any atom is 0.343 e. The molecule has 0 bridgehead atoms. The van der Waals surface area contributed by atoms with Crippen LogP contribution in [0.3, 0.4) is 0 Å². The molecule has 0 saturated carbocycles. The second-order valence-corrected chi connectivity index (χ2v) is 3.56. The molecule has 0 aliphatic rings. The van der Waals surface area contributed by atoms with E-state index in [1.807, 2.05) is 6.07 Å². The van der Waals surface area contributed by atoms with Crippen molar-refractivity contribution in [1.82, 2.24) is 0 Å². The molecular weight excluding hydrogens is 220 g/mol. The summed E-state index contributed by atoms with van der Waals surface area (Å²) >= 11 is 0. The van der Waals surface area contributed by atoms with Crippen LogP contribution in [0, 0.1) is 0 Å². The van der Waals surface area contributed by atoms with Gasteiger partial charge >= 0.3 is 5.97 Å². The lowest BCUT2D eigenvalue weighted by molar-refractivity contribution is 0.0689. The first-order valence-electron chi connectivity index (χ1n) is 5.26. The van der Waals surface area contributed by atoms with E-state index in [9.17, 15) is 9.90 Å². The van der Waals surface area contributed by atoms with Gasteiger partial charge in [-0.1, -0.05) is 24.3 Å². The minimum atomic E-state index is -1.20. The van der Waals surface area contributed by atoms with Crippen LogP contribution < -0.4 is 4.74 Å². The zero-order chi connectivity index (χ0) is 12.4. The number of ether oxygens (including phenoxy) is 1. The molecule has 2 aromatic rings. The van der Waals surface area contributed by atoms with Crippen molar-refractivity contribution < 1.29 is 19.7 Å². The van der Waals surface area contributed by atoms with Gasteiger partial charge in [0.2, 0.25) is 0 Å². The predicted molar refractivity (Wildman–Crippen MR) is 63.7 cm³/mol. The number of fused-ring (bicyclic) bond motifs is 1. The van der Waals surface area contributed by atoms with E-state index in [0.29, 0.717) is 12.0 Å².